The van der Waals surface area contributed by atoms with Crippen molar-refractivity contribution >= 4 is 29.6 Å². The molecule has 8 aliphatic heterocycles. The molecule has 8 N–H and O–H groups in total. The van der Waals surface area contributed by atoms with Gasteiger partial charge in [0.1, 0.15) is 0 Å². The Morgan fingerprint density at radius 2 is 0.225 bits per heavy atom. The van der Waals surface area contributed by atoms with Crippen molar-refractivity contribution in [3.63, 3.8) is 0 Å². The third-order valence-corrected chi connectivity index (χ3v) is 12.3. The summed E-state index contributed by atoms with van der Waals surface area (Å²) in [5.74, 6) is 0. The van der Waals surface area contributed by atoms with E-state index in [4.69, 9.17) is 40.2 Å². The molecule has 0 unspecified atom stereocenters. The summed E-state index contributed by atoms with van der Waals surface area (Å²) in [6, 6.07) is 0. The number of halogens is 12. The standard InChI is InChI=1S/8C5H11FN2.4BFH2O2/c8*1-7-3-4-8(2)5(7)6;4*2-1(3)4/h8*5H,3-4H2,1-2H3;4*3-4H. The molecule has 0 aromatic heterocycles. The highest BCUT2D eigenvalue weighted by atomic mass is 19.2. The molecular weight excluding hydrogens is 1100 g/mol. The molecule has 0 aromatic rings. The van der Waals surface area contributed by atoms with Crippen LogP contribution in [0.5, 0.6) is 0 Å². The molecule has 8 saturated heterocycles. The van der Waals surface area contributed by atoms with Crippen LogP contribution in [0.2, 0.25) is 0 Å². The van der Waals surface area contributed by atoms with Crippen LogP contribution in [0.3, 0.4) is 0 Å². The number of rotatable bonds is 0. The van der Waals surface area contributed by atoms with Crippen molar-refractivity contribution in [2.24, 2.45) is 0 Å². The zero-order chi connectivity index (χ0) is 63.5. The van der Waals surface area contributed by atoms with Gasteiger partial charge in [-0.2, -0.15) is 0 Å². The Labute approximate surface area is 468 Å². The van der Waals surface area contributed by atoms with Gasteiger partial charge in [0.05, 0.1) is 0 Å². The predicted octanol–water partition coefficient (Wildman–Crippen LogP) is -3.36. The van der Waals surface area contributed by atoms with Crippen molar-refractivity contribution in [1.82, 2.24) is 78.4 Å². The van der Waals surface area contributed by atoms with Crippen LogP contribution in [-0.4, -0.2) is 417 Å². The SMILES string of the molecule is CN1CCN(C)C1F.CN1CCN(C)C1F.CN1CCN(C)C1F.CN1CCN(C)C1F.CN1CCN(C)C1F.CN1CCN(C)C1F.CN1CCN(C)C1F.CN1CCN(C)C1F.OB(O)F.OB(O)F.OB(O)F.OB(O)F. The highest BCUT2D eigenvalue weighted by Gasteiger charge is 2.29. The second kappa shape index (κ2) is 46.7. The maximum absolute atomic E-state index is 12.6. The van der Waals surface area contributed by atoms with Crippen LogP contribution in [-0.2, 0) is 0 Å². The number of nitrogens with zero attached hydrogens (tertiary/aromatic N) is 16. The molecule has 80 heavy (non-hydrogen) atoms. The lowest BCUT2D eigenvalue weighted by Gasteiger charge is -2.14. The maximum Gasteiger partial charge on any atom is 0.674 e. The van der Waals surface area contributed by atoms with Crippen molar-refractivity contribution in [3.05, 3.63) is 0 Å². The molecule has 8 fully saturated rings. The van der Waals surface area contributed by atoms with E-state index < -0.39 is 80.9 Å². The monoisotopic (exact) mass is 1200 g/mol. The molecule has 0 aliphatic carbocycles. The van der Waals surface area contributed by atoms with Gasteiger partial charge in [0.15, 0.2) is 0 Å². The Bertz CT molecular complexity index is 1100. The van der Waals surface area contributed by atoms with E-state index in [0.29, 0.717) is 0 Å². The van der Waals surface area contributed by atoms with Crippen LogP contribution in [0.4, 0.5) is 52.4 Å². The van der Waals surface area contributed by atoms with E-state index in [1.165, 1.54) is 0 Å². The number of alkyl halides is 8. The van der Waals surface area contributed by atoms with Gasteiger partial charge >= 0.3 is 29.6 Å². The summed E-state index contributed by atoms with van der Waals surface area (Å²) in [5, 5.41) is 55.6. The van der Waals surface area contributed by atoms with Crippen LogP contribution >= 0.6 is 0 Å². The lowest BCUT2D eigenvalue weighted by Crippen LogP contribution is -2.29. The normalized spacial score (nSPS) is 23.2. The van der Waals surface area contributed by atoms with E-state index in [0.717, 1.165) is 105 Å². The van der Waals surface area contributed by atoms with Gasteiger partial charge in [-0.3, -0.25) is 95.7 Å². The molecule has 8 aliphatic rings. The highest BCUT2D eigenvalue weighted by Crippen LogP contribution is 2.14. The second-order valence-electron chi connectivity index (χ2n) is 19.4. The molecule has 0 amide bonds. The van der Waals surface area contributed by atoms with E-state index >= 15 is 0 Å². The Kier molecular flexibility index (Phi) is 49.6. The van der Waals surface area contributed by atoms with Gasteiger partial charge < -0.3 is 40.2 Å². The first-order valence-corrected chi connectivity index (χ1v) is 25.0. The van der Waals surface area contributed by atoms with Crippen LogP contribution in [0.1, 0.15) is 0 Å². The fraction of sp³-hybridized carbons (Fsp3) is 1.00. The summed E-state index contributed by atoms with van der Waals surface area (Å²) in [5.41, 5.74) is 0. The van der Waals surface area contributed by atoms with E-state index in [9.17, 15) is 52.4 Å². The Hall–Kier alpha value is -1.54. The first kappa shape index (κ1) is 84.9. The van der Waals surface area contributed by atoms with Gasteiger partial charge in [0.25, 0.3) is 0 Å². The summed E-state index contributed by atoms with van der Waals surface area (Å²) in [7, 11) is 17.9. The fourth-order valence-corrected chi connectivity index (χ4v) is 6.92. The van der Waals surface area contributed by atoms with Crippen LogP contribution in [0.15, 0.2) is 0 Å². The van der Waals surface area contributed by atoms with E-state index in [2.05, 4.69) is 0 Å². The number of hydrogen-bond acceptors (Lipinski definition) is 24. The van der Waals surface area contributed by atoms with E-state index in [1.54, 1.807) is 191 Å². The number of likely N-dealkylation sites (N-methyl/N-ethyl adjacent to an activating group) is 16. The smallest absolute Gasteiger partial charge is 0.398 e. The quantitative estimate of drug-likeness (QED) is 0.0676. The lowest BCUT2D eigenvalue weighted by molar-refractivity contribution is 0.0496. The molecule has 0 radical (unpaired) electrons. The van der Waals surface area contributed by atoms with E-state index in [-0.39, 0.29) is 0 Å². The third kappa shape index (κ3) is 41.5. The zero-order valence-corrected chi connectivity index (χ0v) is 49.5. The average molecular weight is 1200 g/mol. The van der Waals surface area contributed by atoms with Crippen LogP contribution in [0.25, 0.3) is 0 Å². The molecule has 0 saturated carbocycles. The Balaban J connectivity index is -0.000000398. The van der Waals surface area contributed by atoms with Crippen LogP contribution in [0, 0.1) is 0 Å². The predicted molar refractivity (Wildman–Crippen MR) is 286 cm³/mol. The topological polar surface area (TPSA) is 214 Å². The first-order valence-electron chi connectivity index (χ1n) is 25.0. The Morgan fingerprint density at radius 3 is 0.237 bits per heavy atom. The van der Waals surface area contributed by atoms with Crippen molar-refractivity contribution < 1.29 is 92.6 Å². The summed E-state index contributed by atoms with van der Waals surface area (Å²) in [6.07, 6.45) is -6.81. The molecule has 0 aromatic carbocycles. The minimum atomic E-state index is -2.67. The minimum absolute atomic E-state index is 0.845. The Morgan fingerprint density at radius 1 is 0.188 bits per heavy atom. The first-order chi connectivity index (χ1) is 36.6. The van der Waals surface area contributed by atoms with E-state index in [1.807, 2.05) is 0 Å². The second-order valence-corrected chi connectivity index (χ2v) is 19.4. The fourth-order valence-electron chi connectivity index (χ4n) is 6.92. The molecule has 24 nitrogen and oxygen atoms in total. The van der Waals surface area contributed by atoms with Crippen molar-refractivity contribution in [2.45, 2.75) is 51.4 Å². The summed E-state index contributed by atoms with van der Waals surface area (Å²) < 4.78 is 141. The van der Waals surface area contributed by atoms with Crippen molar-refractivity contribution in [2.75, 3.05) is 217 Å². The molecule has 8 heterocycles. The summed E-state index contributed by atoms with van der Waals surface area (Å²) in [6.45, 7) is 13.5. The van der Waals surface area contributed by atoms with Gasteiger partial charge in [-0.15, -0.1) is 0 Å². The third-order valence-electron chi connectivity index (χ3n) is 12.3. The average Bonchev–Trinajstić information content (AvgIpc) is 4.26. The van der Waals surface area contributed by atoms with Gasteiger partial charge in [0.2, 0.25) is 51.4 Å². The molecule has 0 atom stereocenters. The lowest BCUT2D eigenvalue weighted by atomic mass is 10.3. The molecule has 8 rings (SSSR count). The molecule has 0 bridgehead atoms. The zero-order valence-electron chi connectivity index (χ0n) is 49.5. The van der Waals surface area contributed by atoms with Gasteiger partial charge in [-0.1, -0.05) is 0 Å². The van der Waals surface area contributed by atoms with Crippen molar-refractivity contribution in [3.8, 4) is 0 Å². The molecule has 480 valence electrons. The van der Waals surface area contributed by atoms with Gasteiger partial charge in [0, 0.05) is 105 Å². The largest absolute Gasteiger partial charge is 0.674 e. The number of hydrogen-bond donors (Lipinski definition) is 8. The van der Waals surface area contributed by atoms with Crippen LogP contribution < -0.4 is 0 Å². The van der Waals surface area contributed by atoms with Crippen molar-refractivity contribution in [1.29, 1.82) is 0 Å². The maximum atomic E-state index is 12.6. The summed E-state index contributed by atoms with van der Waals surface area (Å²) >= 11 is 0. The highest BCUT2D eigenvalue weighted by molar-refractivity contribution is 6.32. The molecule has 40 heteroatoms. The molecular formula is C40H96B4F12N16O8. The minimum Gasteiger partial charge on any atom is -0.398 e. The van der Waals surface area contributed by atoms with Gasteiger partial charge in [-0.25, -0.2) is 35.1 Å². The van der Waals surface area contributed by atoms with Gasteiger partial charge in [-0.05, 0) is 113 Å². The molecule has 0 spiro atoms. The summed E-state index contributed by atoms with van der Waals surface area (Å²) in [4.78, 5) is 26.9.